The van der Waals surface area contributed by atoms with Crippen LogP contribution in [0.5, 0.6) is 0 Å². The molecule has 4 rings (SSSR count). The summed E-state index contributed by atoms with van der Waals surface area (Å²) in [7, 11) is 0. The number of nitrogens with zero attached hydrogens (tertiary/aromatic N) is 3. The zero-order valence-corrected chi connectivity index (χ0v) is 19.2. The molecule has 1 saturated heterocycles. The van der Waals surface area contributed by atoms with E-state index < -0.39 is 6.04 Å². The Morgan fingerprint density at radius 1 is 1.09 bits per heavy atom. The van der Waals surface area contributed by atoms with Gasteiger partial charge < -0.3 is 10.2 Å². The molecule has 1 aliphatic rings. The molecule has 1 atom stereocenters. The molecule has 6 nitrogen and oxygen atoms in total. The molecule has 0 aliphatic carbocycles. The van der Waals surface area contributed by atoms with Crippen molar-refractivity contribution in [2.24, 2.45) is 0 Å². The molecule has 32 heavy (non-hydrogen) atoms. The third kappa shape index (κ3) is 4.31. The van der Waals surface area contributed by atoms with Gasteiger partial charge in [0, 0.05) is 25.2 Å². The molecular formula is C26H30N4O2. The summed E-state index contributed by atoms with van der Waals surface area (Å²) in [5.74, 6) is -0.180. The Labute approximate surface area is 189 Å². The Bertz CT molecular complexity index is 1160. The van der Waals surface area contributed by atoms with Crippen molar-refractivity contribution >= 4 is 11.8 Å². The fourth-order valence-corrected chi connectivity index (χ4v) is 4.36. The SMILES string of the molecule is Cc1ccccc1-c1cccc(CC2C(=O)NCCN2C(=O)Cn2nc(C)c(C)c2C)c1. The van der Waals surface area contributed by atoms with Crippen LogP contribution in [0.3, 0.4) is 0 Å². The number of aryl methyl sites for hydroxylation is 2. The highest BCUT2D eigenvalue weighted by atomic mass is 16.2. The van der Waals surface area contributed by atoms with Crippen LogP contribution >= 0.6 is 0 Å². The van der Waals surface area contributed by atoms with Gasteiger partial charge in [0.25, 0.3) is 0 Å². The summed E-state index contributed by atoms with van der Waals surface area (Å²) in [6.07, 6.45) is 0.480. The third-order valence-electron chi connectivity index (χ3n) is 6.49. The average Bonchev–Trinajstić information content (AvgIpc) is 3.02. The lowest BCUT2D eigenvalue weighted by Crippen LogP contribution is -2.58. The van der Waals surface area contributed by atoms with Crippen LogP contribution in [0.1, 0.15) is 28.1 Å². The smallest absolute Gasteiger partial charge is 0.245 e. The number of benzene rings is 2. The summed E-state index contributed by atoms with van der Waals surface area (Å²) in [6, 6.07) is 16.0. The minimum atomic E-state index is -0.526. The maximum Gasteiger partial charge on any atom is 0.245 e. The standard InChI is InChI=1S/C26H30N4O2/c1-17-8-5-6-11-23(17)22-10-7-9-21(14-22)15-24-26(32)27-12-13-29(24)25(31)16-30-20(4)18(2)19(3)28-30/h5-11,14,24H,12-13,15-16H2,1-4H3,(H,27,32). The monoisotopic (exact) mass is 430 g/mol. The first kappa shape index (κ1) is 21.8. The van der Waals surface area contributed by atoms with Gasteiger partial charge >= 0.3 is 0 Å². The summed E-state index contributed by atoms with van der Waals surface area (Å²) < 4.78 is 1.75. The van der Waals surface area contributed by atoms with E-state index in [9.17, 15) is 9.59 Å². The number of amides is 2. The molecule has 0 saturated carbocycles. The number of carbonyl (C=O) groups is 2. The molecule has 1 aliphatic heterocycles. The van der Waals surface area contributed by atoms with Gasteiger partial charge in [-0.1, -0.05) is 48.5 Å². The minimum absolute atomic E-state index is 0.0782. The normalized spacial score (nSPS) is 16.2. The summed E-state index contributed by atoms with van der Waals surface area (Å²) in [5, 5.41) is 7.42. The fraction of sp³-hybridized carbons (Fsp3) is 0.346. The van der Waals surface area contributed by atoms with E-state index >= 15 is 0 Å². The molecule has 1 unspecified atom stereocenters. The molecular weight excluding hydrogens is 400 g/mol. The molecule has 2 amide bonds. The van der Waals surface area contributed by atoms with Crippen LogP contribution in [0.25, 0.3) is 11.1 Å². The number of hydrogen-bond acceptors (Lipinski definition) is 3. The molecule has 0 radical (unpaired) electrons. The molecule has 2 aromatic carbocycles. The summed E-state index contributed by atoms with van der Waals surface area (Å²) in [6.45, 7) is 9.15. The Morgan fingerprint density at radius 2 is 1.88 bits per heavy atom. The Balaban J connectivity index is 1.56. The largest absolute Gasteiger partial charge is 0.353 e. The van der Waals surface area contributed by atoms with Gasteiger partial charge in [-0.3, -0.25) is 14.3 Å². The van der Waals surface area contributed by atoms with Gasteiger partial charge in [-0.2, -0.15) is 5.10 Å². The predicted octanol–water partition coefficient (Wildman–Crippen LogP) is 3.35. The molecule has 1 N–H and O–H groups in total. The van der Waals surface area contributed by atoms with Crippen LogP contribution in [-0.2, 0) is 22.6 Å². The van der Waals surface area contributed by atoms with Gasteiger partial charge in [0.2, 0.25) is 11.8 Å². The van der Waals surface area contributed by atoms with E-state index in [4.69, 9.17) is 0 Å². The van der Waals surface area contributed by atoms with Crippen LogP contribution in [0, 0.1) is 27.7 Å². The van der Waals surface area contributed by atoms with Crippen molar-refractivity contribution in [2.45, 2.75) is 46.7 Å². The second kappa shape index (κ2) is 8.99. The highest BCUT2D eigenvalue weighted by molar-refractivity contribution is 5.89. The van der Waals surface area contributed by atoms with E-state index in [1.807, 2.05) is 45.0 Å². The van der Waals surface area contributed by atoms with Crippen molar-refractivity contribution in [3.8, 4) is 11.1 Å². The average molecular weight is 431 g/mol. The molecule has 0 spiro atoms. The molecule has 1 fully saturated rings. The first-order valence-electron chi connectivity index (χ1n) is 11.1. The van der Waals surface area contributed by atoms with Crippen LogP contribution < -0.4 is 5.32 Å². The zero-order valence-electron chi connectivity index (χ0n) is 19.2. The van der Waals surface area contributed by atoms with E-state index in [2.05, 4.69) is 41.6 Å². The van der Waals surface area contributed by atoms with Gasteiger partial charge in [-0.05, 0) is 55.5 Å². The summed E-state index contributed by atoms with van der Waals surface area (Å²) in [5.41, 5.74) is 7.54. The van der Waals surface area contributed by atoms with E-state index in [1.54, 1.807) is 9.58 Å². The van der Waals surface area contributed by atoms with Gasteiger partial charge in [-0.15, -0.1) is 0 Å². The molecule has 3 aromatic rings. The lowest BCUT2D eigenvalue weighted by molar-refractivity contribution is -0.143. The van der Waals surface area contributed by atoms with Gasteiger partial charge in [0.1, 0.15) is 12.6 Å². The van der Waals surface area contributed by atoms with Crippen molar-refractivity contribution in [3.63, 3.8) is 0 Å². The molecule has 0 bridgehead atoms. The number of piperazine rings is 1. The van der Waals surface area contributed by atoms with Gasteiger partial charge in [0.05, 0.1) is 5.69 Å². The fourth-order valence-electron chi connectivity index (χ4n) is 4.36. The third-order valence-corrected chi connectivity index (χ3v) is 6.49. The lowest BCUT2D eigenvalue weighted by Gasteiger charge is -2.35. The van der Waals surface area contributed by atoms with Crippen molar-refractivity contribution < 1.29 is 9.59 Å². The first-order chi connectivity index (χ1) is 15.3. The second-order valence-electron chi connectivity index (χ2n) is 8.57. The van der Waals surface area contributed by atoms with E-state index in [1.165, 1.54) is 11.1 Å². The van der Waals surface area contributed by atoms with Crippen molar-refractivity contribution in [1.82, 2.24) is 20.0 Å². The van der Waals surface area contributed by atoms with Crippen LogP contribution in [-0.4, -0.2) is 45.6 Å². The molecule has 2 heterocycles. The van der Waals surface area contributed by atoms with Gasteiger partial charge in [-0.25, -0.2) is 0 Å². The van der Waals surface area contributed by atoms with Crippen LogP contribution in [0.15, 0.2) is 48.5 Å². The van der Waals surface area contributed by atoms with Crippen molar-refractivity contribution in [2.75, 3.05) is 13.1 Å². The number of hydrogen-bond donors (Lipinski definition) is 1. The predicted molar refractivity (Wildman–Crippen MR) is 125 cm³/mol. The number of carbonyl (C=O) groups excluding carboxylic acids is 2. The number of aromatic nitrogens is 2. The quantitative estimate of drug-likeness (QED) is 0.675. The van der Waals surface area contributed by atoms with Crippen molar-refractivity contribution in [1.29, 1.82) is 0 Å². The summed E-state index contributed by atoms with van der Waals surface area (Å²) >= 11 is 0. The van der Waals surface area contributed by atoms with Crippen molar-refractivity contribution in [3.05, 3.63) is 76.6 Å². The zero-order chi connectivity index (χ0) is 22.8. The second-order valence-corrected chi connectivity index (χ2v) is 8.57. The number of rotatable bonds is 5. The van der Waals surface area contributed by atoms with E-state index in [0.717, 1.165) is 28.1 Å². The van der Waals surface area contributed by atoms with Gasteiger partial charge in [0.15, 0.2) is 0 Å². The number of nitrogens with one attached hydrogen (secondary N) is 1. The highest BCUT2D eigenvalue weighted by Crippen LogP contribution is 2.25. The minimum Gasteiger partial charge on any atom is -0.353 e. The van der Waals surface area contributed by atoms with Crippen LogP contribution in [0.2, 0.25) is 0 Å². The maximum absolute atomic E-state index is 13.2. The molecule has 6 heteroatoms. The Kier molecular flexibility index (Phi) is 6.12. The first-order valence-corrected chi connectivity index (χ1v) is 11.1. The Hall–Kier alpha value is -3.41. The lowest BCUT2D eigenvalue weighted by atomic mass is 9.95. The highest BCUT2D eigenvalue weighted by Gasteiger charge is 2.33. The van der Waals surface area contributed by atoms with E-state index in [0.29, 0.717) is 19.5 Å². The van der Waals surface area contributed by atoms with Crippen LogP contribution in [0.4, 0.5) is 0 Å². The topological polar surface area (TPSA) is 67.2 Å². The summed E-state index contributed by atoms with van der Waals surface area (Å²) in [4.78, 5) is 27.7. The maximum atomic E-state index is 13.2. The molecule has 1 aromatic heterocycles. The van der Waals surface area contributed by atoms with E-state index in [-0.39, 0.29) is 18.4 Å². The Morgan fingerprint density at radius 3 is 2.59 bits per heavy atom. The molecule has 166 valence electrons.